The SMILES string of the molecule is COCCN(Cc1cccn1Cc1cccc(C)c1)C(=O)c1ccc(C)c([N+](=O)[O-])c1. The van der Waals surface area contributed by atoms with E-state index in [1.54, 1.807) is 31.1 Å². The van der Waals surface area contributed by atoms with Gasteiger partial charge < -0.3 is 14.2 Å². The number of nitro groups is 1. The normalized spacial score (nSPS) is 10.8. The second-order valence-corrected chi connectivity index (χ2v) is 7.59. The molecule has 7 heteroatoms. The Morgan fingerprint density at radius 3 is 2.65 bits per heavy atom. The smallest absolute Gasteiger partial charge is 0.273 e. The monoisotopic (exact) mass is 421 g/mol. The molecule has 162 valence electrons. The number of amides is 1. The van der Waals surface area contributed by atoms with Crippen LogP contribution in [0.2, 0.25) is 0 Å². The molecule has 0 radical (unpaired) electrons. The number of carbonyl (C=O) groups excluding carboxylic acids is 1. The zero-order valence-electron chi connectivity index (χ0n) is 18.1. The van der Waals surface area contributed by atoms with Crippen LogP contribution in [0.5, 0.6) is 0 Å². The Morgan fingerprint density at radius 2 is 1.94 bits per heavy atom. The standard InChI is InChI=1S/C24H27N3O4/c1-18-6-4-7-20(14-18)16-25-11-5-8-22(25)17-26(12-13-31-3)24(28)21-10-9-19(2)23(15-21)27(29)30/h4-11,14-15H,12-13,16-17H2,1-3H3. The van der Waals surface area contributed by atoms with E-state index >= 15 is 0 Å². The van der Waals surface area contributed by atoms with Crippen LogP contribution in [0.3, 0.4) is 0 Å². The molecule has 0 aliphatic heterocycles. The van der Waals surface area contributed by atoms with E-state index in [-0.39, 0.29) is 11.6 Å². The molecule has 1 amide bonds. The molecule has 0 saturated heterocycles. The summed E-state index contributed by atoms with van der Waals surface area (Å²) < 4.78 is 7.30. The highest BCUT2D eigenvalue weighted by Gasteiger charge is 2.21. The van der Waals surface area contributed by atoms with Crippen molar-refractivity contribution in [1.82, 2.24) is 9.47 Å². The summed E-state index contributed by atoms with van der Waals surface area (Å²) in [6.45, 7) is 5.55. The van der Waals surface area contributed by atoms with Crippen LogP contribution in [0.1, 0.15) is 32.7 Å². The van der Waals surface area contributed by atoms with Crippen molar-refractivity contribution in [3.63, 3.8) is 0 Å². The van der Waals surface area contributed by atoms with E-state index in [0.717, 1.165) is 5.69 Å². The second-order valence-electron chi connectivity index (χ2n) is 7.59. The van der Waals surface area contributed by atoms with Gasteiger partial charge in [0, 0.05) is 49.3 Å². The number of hydrogen-bond acceptors (Lipinski definition) is 4. The number of aromatic nitrogens is 1. The molecule has 0 N–H and O–H groups in total. The molecule has 0 spiro atoms. The highest BCUT2D eigenvalue weighted by Crippen LogP contribution is 2.21. The van der Waals surface area contributed by atoms with Crippen LogP contribution in [-0.4, -0.2) is 40.6 Å². The number of nitro benzene ring substituents is 1. The van der Waals surface area contributed by atoms with Gasteiger partial charge in [-0.2, -0.15) is 0 Å². The molecule has 2 aromatic carbocycles. The van der Waals surface area contributed by atoms with Crippen molar-refractivity contribution < 1.29 is 14.5 Å². The van der Waals surface area contributed by atoms with Crippen molar-refractivity contribution in [1.29, 1.82) is 0 Å². The molecular weight excluding hydrogens is 394 g/mol. The first-order valence-electron chi connectivity index (χ1n) is 10.1. The third-order valence-corrected chi connectivity index (χ3v) is 5.22. The number of hydrogen-bond donors (Lipinski definition) is 0. The minimum absolute atomic E-state index is 0.0552. The Bertz CT molecular complexity index is 1070. The minimum Gasteiger partial charge on any atom is -0.383 e. The molecule has 3 aromatic rings. The van der Waals surface area contributed by atoms with Crippen LogP contribution in [0.4, 0.5) is 5.69 Å². The number of rotatable bonds is 9. The van der Waals surface area contributed by atoms with E-state index in [0.29, 0.717) is 37.4 Å². The molecule has 0 bridgehead atoms. The molecule has 0 aliphatic carbocycles. The average Bonchev–Trinajstić information content (AvgIpc) is 3.17. The van der Waals surface area contributed by atoms with Crippen LogP contribution < -0.4 is 0 Å². The quantitative estimate of drug-likeness (QED) is 0.380. The summed E-state index contributed by atoms with van der Waals surface area (Å²) in [7, 11) is 1.58. The van der Waals surface area contributed by atoms with Crippen molar-refractivity contribution in [2.45, 2.75) is 26.9 Å². The molecule has 0 fully saturated rings. The minimum atomic E-state index is -0.460. The number of aryl methyl sites for hydroxylation is 2. The fourth-order valence-electron chi connectivity index (χ4n) is 3.53. The van der Waals surface area contributed by atoms with E-state index in [1.807, 2.05) is 24.4 Å². The van der Waals surface area contributed by atoms with Crippen molar-refractivity contribution in [2.75, 3.05) is 20.3 Å². The van der Waals surface area contributed by atoms with Gasteiger partial charge in [-0.3, -0.25) is 14.9 Å². The maximum atomic E-state index is 13.2. The molecule has 0 aliphatic rings. The molecule has 31 heavy (non-hydrogen) atoms. The maximum absolute atomic E-state index is 13.2. The Balaban J connectivity index is 1.84. The number of carbonyl (C=O) groups is 1. The lowest BCUT2D eigenvalue weighted by atomic mass is 10.1. The summed E-state index contributed by atoms with van der Waals surface area (Å²) in [5.41, 5.74) is 4.13. The summed E-state index contributed by atoms with van der Waals surface area (Å²) in [5, 5.41) is 11.3. The lowest BCUT2D eigenvalue weighted by molar-refractivity contribution is -0.385. The van der Waals surface area contributed by atoms with Gasteiger partial charge in [0.25, 0.3) is 11.6 Å². The summed E-state index contributed by atoms with van der Waals surface area (Å²) >= 11 is 0. The van der Waals surface area contributed by atoms with Crippen LogP contribution in [-0.2, 0) is 17.8 Å². The molecule has 3 rings (SSSR count). The fraction of sp³-hybridized carbons (Fsp3) is 0.292. The molecule has 1 aromatic heterocycles. The molecular formula is C24H27N3O4. The van der Waals surface area contributed by atoms with Crippen LogP contribution in [0.25, 0.3) is 0 Å². The topological polar surface area (TPSA) is 77.6 Å². The Kier molecular flexibility index (Phi) is 7.20. The second kappa shape index (κ2) is 10.0. The maximum Gasteiger partial charge on any atom is 0.273 e. The first-order valence-corrected chi connectivity index (χ1v) is 10.1. The van der Waals surface area contributed by atoms with Crippen molar-refractivity contribution in [2.24, 2.45) is 0 Å². The average molecular weight is 421 g/mol. The van der Waals surface area contributed by atoms with Gasteiger partial charge in [-0.15, -0.1) is 0 Å². The number of benzene rings is 2. The predicted octanol–water partition coefficient (Wildman–Crippen LogP) is 4.35. The largest absolute Gasteiger partial charge is 0.383 e. The zero-order valence-corrected chi connectivity index (χ0v) is 18.1. The number of methoxy groups -OCH3 is 1. The molecule has 0 saturated carbocycles. The Labute approximate surface area is 182 Å². The van der Waals surface area contributed by atoms with E-state index < -0.39 is 4.92 Å². The fourth-order valence-corrected chi connectivity index (χ4v) is 3.53. The van der Waals surface area contributed by atoms with Crippen molar-refractivity contribution in [3.8, 4) is 0 Å². The summed E-state index contributed by atoms with van der Waals surface area (Å²) in [6, 6.07) is 16.9. The van der Waals surface area contributed by atoms with E-state index in [9.17, 15) is 14.9 Å². The highest BCUT2D eigenvalue weighted by molar-refractivity contribution is 5.95. The van der Waals surface area contributed by atoms with Gasteiger partial charge in [0.05, 0.1) is 18.1 Å². The highest BCUT2D eigenvalue weighted by atomic mass is 16.6. The van der Waals surface area contributed by atoms with E-state index in [1.165, 1.54) is 17.2 Å². The van der Waals surface area contributed by atoms with E-state index in [4.69, 9.17) is 4.74 Å². The lowest BCUT2D eigenvalue weighted by Crippen LogP contribution is -2.34. The van der Waals surface area contributed by atoms with Gasteiger partial charge in [-0.05, 0) is 37.6 Å². The van der Waals surface area contributed by atoms with Gasteiger partial charge in [-0.1, -0.05) is 35.9 Å². The van der Waals surface area contributed by atoms with Crippen molar-refractivity contribution in [3.05, 3.63) is 98.9 Å². The first kappa shape index (κ1) is 22.2. The van der Waals surface area contributed by atoms with Gasteiger partial charge >= 0.3 is 0 Å². The Morgan fingerprint density at radius 1 is 1.13 bits per heavy atom. The summed E-state index contributed by atoms with van der Waals surface area (Å²) in [5.74, 6) is -0.261. The Hall–Kier alpha value is -3.45. The molecule has 1 heterocycles. The number of nitrogens with zero attached hydrogens (tertiary/aromatic N) is 3. The zero-order chi connectivity index (χ0) is 22.4. The third-order valence-electron chi connectivity index (χ3n) is 5.22. The number of ether oxygens (including phenoxy) is 1. The van der Waals surface area contributed by atoms with Crippen LogP contribution in [0.15, 0.2) is 60.8 Å². The van der Waals surface area contributed by atoms with Crippen LogP contribution >= 0.6 is 0 Å². The summed E-state index contributed by atoms with van der Waals surface area (Å²) in [4.78, 5) is 25.7. The summed E-state index contributed by atoms with van der Waals surface area (Å²) in [6.07, 6.45) is 1.99. The molecule has 7 nitrogen and oxygen atoms in total. The van der Waals surface area contributed by atoms with Gasteiger partial charge in [-0.25, -0.2) is 0 Å². The van der Waals surface area contributed by atoms with Gasteiger partial charge in [0.1, 0.15) is 0 Å². The molecule has 0 atom stereocenters. The predicted molar refractivity (Wildman–Crippen MR) is 119 cm³/mol. The van der Waals surface area contributed by atoms with Gasteiger partial charge in [0.2, 0.25) is 0 Å². The van der Waals surface area contributed by atoms with Crippen molar-refractivity contribution >= 4 is 11.6 Å². The molecule has 0 unspecified atom stereocenters. The first-order chi connectivity index (χ1) is 14.9. The van der Waals surface area contributed by atoms with Crippen LogP contribution in [0, 0.1) is 24.0 Å². The van der Waals surface area contributed by atoms with E-state index in [2.05, 4.69) is 29.7 Å². The lowest BCUT2D eigenvalue weighted by Gasteiger charge is -2.23. The third kappa shape index (κ3) is 5.58. The van der Waals surface area contributed by atoms with Gasteiger partial charge in [0.15, 0.2) is 0 Å².